The Morgan fingerprint density at radius 2 is 1.96 bits per heavy atom. The molecule has 3 rings (SSSR count). The van der Waals surface area contributed by atoms with Crippen LogP contribution >= 0.6 is 23.8 Å². The number of thiocarbonyl (C=S) groups is 1. The van der Waals surface area contributed by atoms with E-state index in [9.17, 15) is 9.59 Å². The highest BCUT2D eigenvalue weighted by Crippen LogP contribution is 2.28. The molecule has 0 bridgehead atoms. The normalized spacial score (nSPS) is 16.9. The molecule has 1 saturated heterocycles. The second-order valence-corrected chi connectivity index (χ2v) is 5.65. The number of nitrogens with zero attached hydrogens (tertiary/aromatic N) is 1. The number of para-hydroxylation sites is 1. The van der Waals surface area contributed by atoms with Gasteiger partial charge in [-0.25, -0.2) is 0 Å². The van der Waals surface area contributed by atoms with Crippen molar-refractivity contribution < 1.29 is 14.0 Å². The van der Waals surface area contributed by atoms with Crippen LogP contribution in [0.5, 0.6) is 0 Å². The van der Waals surface area contributed by atoms with E-state index in [0.29, 0.717) is 22.2 Å². The predicted molar refractivity (Wildman–Crippen MR) is 91.1 cm³/mol. The Morgan fingerprint density at radius 1 is 1.22 bits per heavy atom. The lowest BCUT2D eigenvalue weighted by Gasteiger charge is -2.29. The van der Waals surface area contributed by atoms with Crippen LogP contribution in [-0.2, 0) is 9.59 Å². The lowest BCUT2D eigenvalue weighted by Crippen LogP contribution is -2.54. The van der Waals surface area contributed by atoms with E-state index >= 15 is 0 Å². The first kappa shape index (κ1) is 15.5. The van der Waals surface area contributed by atoms with Crippen molar-refractivity contribution >= 4 is 52.5 Å². The van der Waals surface area contributed by atoms with Crippen LogP contribution in [0, 0.1) is 6.92 Å². The van der Waals surface area contributed by atoms with Gasteiger partial charge in [-0.3, -0.25) is 19.8 Å². The summed E-state index contributed by atoms with van der Waals surface area (Å²) in [5.74, 6) is -0.0369. The number of carbonyl (C=O) groups excluding carboxylic acids is 2. The lowest BCUT2D eigenvalue weighted by molar-refractivity contribution is -0.122. The molecule has 0 radical (unpaired) electrons. The molecule has 2 aromatic rings. The topological polar surface area (TPSA) is 62.6 Å². The Morgan fingerprint density at radius 3 is 2.61 bits per heavy atom. The number of anilines is 1. The van der Waals surface area contributed by atoms with Crippen LogP contribution in [-0.4, -0.2) is 16.9 Å². The molecule has 1 fully saturated rings. The standard InChI is InChI=1S/C16H11ClN2O3S/c1-9-6-7-10(22-9)8-11-14(20)18-16(23)19(15(11)21)13-5-3-2-4-12(13)17/h2-8H,1H3,(H,18,20,23). The minimum Gasteiger partial charge on any atom is -0.462 e. The van der Waals surface area contributed by atoms with Gasteiger partial charge in [-0.1, -0.05) is 23.7 Å². The third-order valence-corrected chi connectivity index (χ3v) is 3.85. The first-order chi connectivity index (χ1) is 11.0. The molecule has 0 aliphatic carbocycles. The van der Waals surface area contributed by atoms with E-state index in [2.05, 4.69) is 5.32 Å². The van der Waals surface area contributed by atoms with Gasteiger partial charge in [0.2, 0.25) is 0 Å². The average molecular weight is 347 g/mol. The maximum Gasteiger partial charge on any atom is 0.270 e. The Labute approximate surface area is 142 Å². The van der Waals surface area contributed by atoms with Crippen LogP contribution in [0.25, 0.3) is 6.08 Å². The summed E-state index contributed by atoms with van der Waals surface area (Å²) in [5.41, 5.74) is 0.332. The highest BCUT2D eigenvalue weighted by Gasteiger charge is 2.35. The third kappa shape index (κ3) is 2.91. The smallest absolute Gasteiger partial charge is 0.270 e. The summed E-state index contributed by atoms with van der Waals surface area (Å²) in [7, 11) is 0. The van der Waals surface area contributed by atoms with E-state index in [0.717, 1.165) is 0 Å². The molecule has 0 spiro atoms. The first-order valence-corrected chi connectivity index (χ1v) is 7.48. The zero-order chi connectivity index (χ0) is 16.6. The van der Waals surface area contributed by atoms with Gasteiger partial charge in [-0.2, -0.15) is 0 Å². The van der Waals surface area contributed by atoms with Crippen molar-refractivity contribution in [2.75, 3.05) is 4.90 Å². The number of carbonyl (C=O) groups is 2. The van der Waals surface area contributed by atoms with Crippen LogP contribution in [0.3, 0.4) is 0 Å². The first-order valence-electron chi connectivity index (χ1n) is 6.70. The number of hydrogen-bond acceptors (Lipinski definition) is 4. The average Bonchev–Trinajstić information content (AvgIpc) is 2.91. The Hall–Kier alpha value is -2.44. The van der Waals surface area contributed by atoms with E-state index < -0.39 is 11.8 Å². The van der Waals surface area contributed by atoms with Crippen molar-refractivity contribution in [3.8, 4) is 0 Å². The van der Waals surface area contributed by atoms with Crippen molar-refractivity contribution in [2.24, 2.45) is 0 Å². The predicted octanol–water partition coefficient (Wildman–Crippen LogP) is 3.07. The van der Waals surface area contributed by atoms with Gasteiger partial charge >= 0.3 is 0 Å². The van der Waals surface area contributed by atoms with Crippen LogP contribution in [0.15, 0.2) is 46.4 Å². The molecule has 1 aromatic carbocycles. The molecule has 0 unspecified atom stereocenters. The highest BCUT2D eigenvalue weighted by atomic mass is 35.5. The van der Waals surface area contributed by atoms with Crippen LogP contribution in [0.4, 0.5) is 5.69 Å². The lowest BCUT2D eigenvalue weighted by atomic mass is 10.1. The van der Waals surface area contributed by atoms with Crippen molar-refractivity contribution in [1.29, 1.82) is 0 Å². The van der Waals surface area contributed by atoms with Crippen molar-refractivity contribution in [3.63, 3.8) is 0 Å². The third-order valence-electron chi connectivity index (χ3n) is 3.24. The molecular weight excluding hydrogens is 336 g/mol. The van der Waals surface area contributed by atoms with E-state index in [1.165, 1.54) is 11.0 Å². The minimum atomic E-state index is -0.572. The maximum absolute atomic E-state index is 12.7. The van der Waals surface area contributed by atoms with E-state index in [4.69, 9.17) is 28.2 Å². The monoisotopic (exact) mass is 346 g/mol. The molecule has 1 aliphatic rings. The summed E-state index contributed by atoms with van der Waals surface area (Å²) in [6.45, 7) is 1.77. The van der Waals surface area contributed by atoms with E-state index in [1.807, 2.05) is 0 Å². The van der Waals surface area contributed by atoms with Crippen molar-refractivity contribution in [2.45, 2.75) is 6.92 Å². The Kier molecular flexibility index (Phi) is 4.02. The van der Waals surface area contributed by atoms with Gasteiger partial charge in [0.25, 0.3) is 11.8 Å². The number of hydrogen-bond donors (Lipinski definition) is 1. The summed E-state index contributed by atoms with van der Waals surface area (Å²) in [5, 5.41) is 2.83. The van der Waals surface area contributed by atoms with Gasteiger partial charge in [0.05, 0.1) is 10.7 Å². The molecule has 116 valence electrons. The van der Waals surface area contributed by atoms with Gasteiger partial charge < -0.3 is 4.42 Å². The Balaban J connectivity index is 2.04. The fourth-order valence-corrected chi connectivity index (χ4v) is 2.68. The molecule has 1 N–H and O–H groups in total. The minimum absolute atomic E-state index is 0.0131. The molecular formula is C16H11ClN2O3S. The van der Waals surface area contributed by atoms with Crippen LogP contribution in [0.2, 0.25) is 5.02 Å². The van der Waals surface area contributed by atoms with Gasteiger partial charge in [0.15, 0.2) is 5.11 Å². The number of halogens is 1. The molecule has 7 heteroatoms. The van der Waals surface area contributed by atoms with Crippen LogP contribution < -0.4 is 10.2 Å². The molecule has 23 heavy (non-hydrogen) atoms. The summed E-state index contributed by atoms with van der Waals surface area (Å²) in [4.78, 5) is 26.0. The Bertz CT molecular complexity index is 857. The number of amides is 2. The van der Waals surface area contributed by atoms with E-state index in [1.54, 1.807) is 43.3 Å². The fraction of sp³-hybridized carbons (Fsp3) is 0.0625. The highest BCUT2D eigenvalue weighted by molar-refractivity contribution is 7.80. The molecule has 2 amide bonds. The van der Waals surface area contributed by atoms with Crippen LogP contribution in [0.1, 0.15) is 11.5 Å². The van der Waals surface area contributed by atoms with Crippen molar-refractivity contribution in [3.05, 3.63) is 58.5 Å². The number of furan rings is 1. The maximum atomic E-state index is 12.7. The molecule has 1 aromatic heterocycles. The van der Waals surface area contributed by atoms with Gasteiger partial charge in [0, 0.05) is 0 Å². The fourth-order valence-electron chi connectivity index (χ4n) is 2.18. The molecule has 0 saturated carbocycles. The SMILES string of the molecule is Cc1ccc(C=C2C(=O)NC(=S)N(c3ccccc3Cl)C2=O)o1. The van der Waals surface area contributed by atoms with Gasteiger partial charge in [-0.15, -0.1) is 0 Å². The molecule has 0 atom stereocenters. The van der Waals surface area contributed by atoms with Gasteiger partial charge in [0.1, 0.15) is 17.1 Å². The number of nitrogens with one attached hydrogen (secondary N) is 1. The largest absolute Gasteiger partial charge is 0.462 e. The number of aryl methyl sites for hydroxylation is 1. The summed E-state index contributed by atoms with van der Waals surface area (Å²) in [6, 6.07) is 10.2. The van der Waals surface area contributed by atoms with Crippen molar-refractivity contribution in [1.82, 2.24) is 5.32 Å². The van der Waals surface area contributed by atoms with E-state index in [-0.39, 0.29) is 10.7 Å². The zero-order valence-corrected chi connectivity index (χ0v) is 13.6. The zero-order valence-electron chi connectivity index (χ0n) is 12.0. The quantitative estimate of drug-likeness (QED) is 0.515. The molecule has 2 heterocycles. The molecule has 1 aliphatic heterocycles. The summed E-state index contributed by atoms with van der Waals surface area (Å²) in [6.07, 6.45) is 1.39. The second kappa shape index (κ2) is 5.98. The summed E-state index contributed by atoms with van der Waals surface area (Å²) >= 11 is 11.2. The number of benzene rings is 1. The molecule has 5 nitrogen and oxygen atoms in total. The number of rotatable bonds is 2. The summed E-state index contributed by atoms with van der Waals surface area (Å²) < 4.78 is 5.39. The van der Waals surface area contributed by atoms with Gasteiger partial charge in [-0.05, 0) is 49.5 Å². The second-order valence-electron chi connectivity index (χ2n) is 4.86.